The van der Waals surface area contributed by atoms with E-state index in [0.717, 1.165) is 0 Å². The van der Waals surface area contributed by atoms with Crippen LogP contribution in [0.2, 0.25) is 0 Å². The third-order valence-electron chi connectivity index (χ3n) is 2.64. The molecule has 1 heterocycles. The summed E-state index contributed by atoms with van der Waals surface area (Å²) in [7, 11) is 0. The smallest absolute Gasteiger partial charge is 0.194 e. The number of benzene rings is 1. The van der Waals surface area contributed by atoms with Gasteiger partial charge in [0.1, 0.15) is 18.3 Å². The second kappa shape index (κ2) is 2.19. The molecule has 3 nitrogen and oxygen atoms in total. The standard InChI is InChI=1S/C10H8O3/c11-7-5-3-1-2-4-6(5)8(12)10-9(7)13-10/h1-4,7,9-11H/t7-,9-,10+/m0/s1. The molecule has 1 aliphatic heterocycles. The second-order valence-electron chi connectivity index (χ2n) is 3.42. The minimum absolute atomic E-state index is 0.00546. The third-order valence-corrected chi connectivity index (χ3v) is 2.64. The number of hydrogen-bond acceptors (Lipinski definition) is 3. The molecule has 13 heavy (non-hydrogen) atoms. The Hall–Kier alpha value is -1.19. The van der Waals surface area contributed by atoms with Crippen molar-refractivity contribution >= 4 is 5.78 Å². The summed E-state index contributed by atoms with van der Waals surface area (Å²) in [5, 5.41) is 9.71. The summed E-state index contributed by atoms with van der Waals surface area (Å²) in [4.78, 5) is 11.6. The van der Waals surface area contributed by atoms with E-state index in [4.69, 9.17) is 4.74 Å². The first-order valence-corrected chi connectivity index (χ1v) is 4.26. The van der Waals surface area contributed by atoms with Crippen molar-refractivity contribution in [3.63, 3.8) is 0 Å². The highest BCUT2D eigenvalue weighted by atomic mass is 16.6. The number of hydrogen-bond donors (Lipinski definition) is 1. The Labute approximate surface area is 74.9 Å². The molecule has 1 aromatic rings. The van der Waals surface area contributed by atoms with Crippen molar-refractivity contribution in [2.24, 2.45) is 0 Å². The average molecular weight is 176 g/mol. The maximum Gasteiger partial charge on any atom is 0.194 e. The van der Waals surface area contributed by atoms with E-state index in [1.54, 1.807) is 18.2 Å². The van der Waals surface area contributed by atoms with Crippen LogP contribution >= 0.6 is 0 Å². The fraction of sp³-hybridized carbons (Fsp3) is 0.300. The van der Waals surface area contributed by atoms with E-state index in [0.29, 0.717) is 11.1 Å². The van der Waals surface area contributed by atoms with Gasteiger partial charge in [-0.3, -0.25) is 4.79 Å². The summed E-state index contributed by atoms with van der Waals surface area (Å²) >= 11 is 0. The Morgan fingerprint density at radius 2 is 2.08 bits per heavy atom. The zero-order chi connectivity index (χ0) is 9.00. The van der Waals surface area contributed by atoms with Gasteiger partial charge in [0.25, 0.3) is 0 Å². The zero-order valence-corrected chi connectivity index (χ0v) is 6.81. The van der Waals surface area contributed by atoms with Crippen molar-refractivity contribution in [2.75, 3.05) is 0 Å². The summed E-state index contributed by atoms with van der Waals surface area (Å²) in [5.41, 5.74) is 1.31. The largest absolute Gasteiger partial charge is 0.386 e. The fourth-order valence-electron chi connectivity index (χ4n) is 1.88. The van der Waals surface area contributed by atoms with Gasteiger partial charge in [-0.15, -0.1) is 0 Å². The lowest BCUT2D eigenvalue weighted by Gasteiger charge is -2.15. The first-order chi connectivity index (χ1) is 6.29. The van der Waals surface area contributed by atoms with Crippen LogP contribution in [0.1, 0.15) is 22.0 Å². The summed E-state index contributed by atoms with van der Waals surface area (Å²) in [6.45, 7) is 0. The number of Topliss-reactive ketones (excluding diaryl/α,β-unsaturated/α-hetero) is 1. The number of epoxide rings is 1. The lowest BCUT2D eigenvalue weighted by Crippen LogP contribution is -2.23. The van der Waals surface area contributed by atoms with Crippen molar-refractivity contribution in [3.8, 4) is 0 Å². The summed E-state index contributed by atoms with van der Waals surface area (Å²) < 4.78 is 5.09. The Bertz CT molecular complexity index is 386. The van der Waals surface area contributed by atoms with Crippen molar-refractivity contribution in [1.82, 2.24) is 0 Å². The highest BCUT2D eigenvalue weighted by molar-refractivity contribution is 6.04. The molecule has 1 saturated heterocycles. The van der Waals surface area contributed by atoms with Crippen molar-refractivity contribution in [1.29, 1.82) is 0 Å². The molecule has 0 unspecified atom stereocenters. The fourth-order valence-corrected chi connectivity index (χ4v) is 1.88. The molecule has 0 amide bonds. The van der Waals surface area contributed by atoms with Gasteiger partial charge < -0.3 is 9.84 Å². The van der Waals surface area contributed by atoms with Crippen LogP contribution in [-0.4, -0.2) is 23.1 Å². The molecule has 0 radical (unpaired) electrons. The van der Waals surface area contributed by atoms with E-state index < -0.39 is 6.10 Å². The van der Waals surface area contributed by atoms with Crippen LogP contribution in [-0.2, 0) is 4.74 Å². The van der Waals surface area contributed by atoms with E-state index in [2.05, 4.69) is 0 Å². The van der Waals surface area contributed by atoms with E-state index in [9.17, 15) is 9.90 Å². The minimum Gasteiger partial charge on any atom is -0.386 e. The zero-order valence-electron chi connectivity index (χ0n) is 6.81. The second-order valence-corrected chi connectivity index (χ2v) is 3.42. The van der Waals surface area contributed by atoms with Gasteiger partial charge in [0.2, 0.25) is 0 Å². The number of carbonyl (C=O) groups is 1. The molecule has 3 rings (SSSR count). The van der Waals surface area contributed by atoms with Gasteiger partial charge in [-0.05, 0) is 5.56 Å². The molecule has 1 aliphatic carbocycles. The predicted molar refractivity (Wildman–Crippen MR) is 44.4 cm³/mol. The highest BCUT2D eigenvalue weighted by Crippen LogP contribution is 2.42. The predicted octanol–water partition coefficient (Wildman–Crippen LogP) is 0.684. The Morgan fingerprint density at radius 1 is 1.31 bits per heavy atom. The molecular formula is C10H8O3. The maximum atomic E-state index is 11.6. The summed E-state index contributed by atoms with van der Waals surface area (Å²) in [6, 6.07) is 7.12. The number of carbonyl (C=O) groups excluding carboxylic acids is 1. The van der Waals surface area contributed by atoms with Gasteiger partial charge >= 0.3 is 0 Å². The molecular weight excluding hydrogens is 168 g/mol. The molecule has 1 aromatic carbocycles. The Balaban J connectivity index is 2.20. The quantitative estimate of drug-likeness (QED) is 0.591. The van der Waals surface area contributed by atoms with Gasteiger partial charge in [-0.2, -0.15) is 0 Å². The SMILES string of the molecule is O=C1c2ccccc2[C@H](O)[C@@H]2O[C@H]12. The molecule has 1 N–H and O–H groups in total. The van der Waals surface area contributed by atoms with E-state index in [-0.39, 0.29) is 18.0 Å². The van der Waals surface area contributed by atoms with Crippen LogP contribution in [0, 0.1) is 0 Å². The molecule has 3 heteroatoms. The molecule has 0 spiro atoms. The number of ketones is 1. The normalized spacial score (nSPS) is 35.2. The topological polar surface area (TPSA) is 49.8 Å². The van der Waals surface area contributed by atoms with E-state index in [1.807, 2.05) is 6.07 Å². The highest BCUT2D eigenvalue weighted by Gasteiger charge is 2.54. The molecule has 3 atom stereocenters. The molecule has 0 saturated carbocycles. The van der Waals surface area contributed by atoms with Crippen LogP contribution in [0.5, 0.6) is 0 Å². The number of rotatable bonds is 0. The molecule has 1 fully saturated rings. The van der Waals surface area contributed by atoms with Gasteiger partial charge in [-0.25, -0.2) is 0 Å². The van der Waals surface area contributed by atoms with Crippen LogP contribution in [0.15, 0.2) is 24.3 Å². The van der Waals surface area contributed by atoms with Crippen molar-refractivity contribution in [3.05, 3.63) is 35.4 Å². The monoisotopic (exact) mass is 176 g/mol. The van der Waals surface area contributed by atoms with Gasteiger partial charge in [0.15, 0.2) is 5.78 Å². The van der Waals surface area contributed by atoms with Crippen molar-refractivity contribution < 1.29 is 14.6 Å². The first kappa shape index (κ1) is 7.24. The van der Waals surface area contributed by atoms with Gasteiger partial charge in [0.05, 0.1) is 0 Å². The first-order valence-electron chi connectivity index (χ1n) is 4.26. The molecule has 0 bridgehead atoms. The van der Waals surface area contributed by atoms with Crippen LogP contribution in [0.25, 0.3) is 0 Å². The molecule has 2 aliphatic rings. The van der Waals surface area contributed by atoms with Crippen LogP contribution in [0.3, 0.4) is 0 Å². The third kappa shape index (κ3) is 0.829. The number of fused-ring (bicyclic) bond motifs is 2. The van der Waals surface area contributed by atoms with Crippen LogP contribution in [0.4, 0.5) is 0 Å². The Morgan fingerprint density at radius 3 is 2.92 bits per heavy atom. The lowest BCUT2D eigenvalue weighted by molar-refractivity contribution is 0.0941. The summed E-state index contributed by atoms with van der Waals surface area (Å²) in [6.07, 6.45) is -1.30. The minimum atomic E-state index is -0.626. The maximum absolute atomic E-state index is 11.6. The van der Waals surface area contributed by atoms with Crippen LogP contribution < -0.4 is 0 Å². The van der Waals surface area contributed by atoms with E-state index >= 15 is 0 Å². The average Bonchev–Trinajstić information content (AvgIpc) is 2.94. The number of aliphatic hydroxyl groups is 1. The van der Waals surface area contributed by atoms with Gasteiger partial charge in [-0.1, -0.05) is 24.3 Å². The summed E-state index contributed by atoms with van der Waals surface area (Å²) in [5.74, 6) is 0.00546. The number of ether oxygens (including phenoxy) is 1. The van der Waals surface area contributed by atoms with E-state index in [1.165, 1.54) is 0 Å². The van der Waals surface area contributed by atoms with Crippen molar-refractivity contribution in [2.45, 2.75) is 18.3 Å². The van der Waals surface area contributed by atoms with Gasteiger partial charge in [0, 0.05) is 5.56 Å². The number of aliphatic hydroxyl groups excluding tert-OH is 1. The Kier molecular flexibility index (Phi) is 1.22. The lowest BCUT2D eigenvalue weighted by atomic mass is 9.89. The molecule has 0 aromatic heterocycles. The molecule has 66 valence electrons.